The van der Waals surface area contributed by atoms with Gasteiger partial charge in [-0.2, -0.15) is 0 Å². The summed E-state index contributed by atoms with van der Waals surface area (Å²) < 4.78 is 28.0. The second kappa shape index (κ2) is 6.21. The van der Waals surface area contributed by atoms with Gasteiger partial charge in [-0.3, -0.25) is 4.79 Å². The largest absolute Gasteiger partial charge is 0.477 e. The van der Waals surface area contributed by atoms with Gasteiger partial charge < -0.3 is 10.1 Å². The minimum absolute atomic E-state index is 0.00355. The minimum Gasteiger partial charge on any atom is -0.477 e. The highest BCUT2D eigenvalue weighted by molar-refractivity contribution is 7.91. The summed E-state index contributed by atoms with van der Waals surface area (Å²) in [4.78, 5) is 16.1. The molecule has 1 saturated heterocycles. The van der Waals surface area contributed by atoms with Gasteiger partial charge in [0.25, 0.3) is 5.91 Å². The van der Waals surface area contributed by atoms with Gasteiger partial charge in [-0.25, -0.2) is 13.4 Å². The SMILES string of the molecule is CCOc1ncccc1C(=O)NCC1CCS(=O)(=O)C1. The van der Waals surface area contributed by atoms with E-state index in [0.29, 0.717) is 31.0 Å². The molecule has 0 radical (unpaired) electrons. The van der Waals surface area contributed by atoms with Crippen LogP contribution >= 0.6 is 0 Å². The summed E-state index contributed by atoms with van der Waals surface area (Å²) in [6.45, 7) is 2.61. The van der Waals surface area contributed by atoms with Gasteiger partial charge in [-0.15, -0.1) is 0 Å². The van der Waals surface area contributed by atoms with Crippen LogP contribution < -0.4 is 10.1 Å². The van der Waals surface area contributed by atoms with Crippen molar-refractivity contribution in [2.75, 3.05) is 24.7 Å². The molecule has 2 heterocycles. The van der Waals surface area contributed by atoms with Crippen LogP contribution in [0.2, 0.25) is 0 Å². The second-order valence-corrected chi connectivity index (χ2v) is 7.00. The molecule has 0 saturated carbocycles. The van der Waals surface area contributed by atoms with E-state index in [1.54, 1.807) is 18.3 Å². The molecule has 1 aliphatic rings. The van der Waals surface area contributed by atoms with Crippen molar-refractivity contribution in [3.8, 4) is 5.88 Å². The van der Waals surface area contributed by atoms with Gasteiger partial charge in [0, 0.05) is 12.7 Å². The molecule has 1 N–H and O–H groups in total. The molecule has 2 rings (SSSR count). The highest BCUT2D eigenvalue weighted by atomic mass is 32.2. The number of sulfone groups is 1. The van der Waals surface area contributed by atoms with Crippen molar-refractivity contribution < 1.29 is 17.9 Å². The quantitative estimate of drug-likeness (QED) is 0.862. The summed E-state index contributed by atoms with van der Waals surface area (Å²) in [6.07, 6.45) is 2.17. The van der Waals surface area contributed by atoms with E-state index in [4.69, 9.17) is 4.74 Å². The molecular formula is C13H18N2O4S. The Hall–Kier alpha value is -1.63. The lowest BCUT2D eigenvalue weighted by Gasteiger charge is -2.11. The van der Waals surface area contributed by atoms with E-state index in [9.17, 15) is 13.2 Å². The summed E-state index contributed by atoms with van der Waals surface area (Å²) in [5.74, 6) is 0.372. The molecule has 1 unspecified atom stereocenters. The molecule has 6 nitrogen and oxygen atoms in total. The lowest BCUT2D eigenvalue weighted by atomic mass is 10.1. The van der Waals surface area contributed by atoms with E-state index in [-0.39, 0.29) is 23.3 Å². The van der Waals surface area contributed by atoms with Gasteiger partial charge in [-0.1, -0.05) is 0 Å². The molecule has 1 aromatic heterocycles. The Morgan fingerprint density at radius 1 is 1.55 bits per heavy atom. The molecule has 1 atom stereocenters. The number of carbonyl (C=O) groups is 1. The third-order valence-corrected chi connectivity index (χ3v) is 5.01. The molecule has 1 amide bonds. The number of rotatable bonds is 5. The van der Waals surface area contributed by atoms with Gasteiger partial charge in [-0.05, 0) is 31.4 Å². The first kappa shape index (κ1) is 14.8. The molecule has 110 valence electrons. The molecule has 0 bridgehead atoms. The van der Waals surface area contributed by atoms with Crippen LogP contribution in [-0.4, -0.2) is 44.0 Å². The van der Waals surface area contributed by atoms with E-state index < -0.39 is 9.84 Å². The molecule has 1 fully saturated rings. The Balaban J connectivity index is 1.95. The number of nitrogens with zero attached hydrogens (tertiary/aromatic N) is 1. The van der Waals surface area contributed by atoms with Crippen molar-refractivity contribution in [2.24, 2.45) is 5.92 Å². The van der Waals surface area contributed by atoms with E-state index >= 15 is 0 Å². The Morgan fingerprint density at radius 2 is 2.35 bits per heavy atom. The van der Waals surface area contributed by atoms with Crippen LogP contribution in [0.15, 0.2) is 18.3 Å². The van der Waals surface area contributed by atoms with Crippen LogP contribution in [0.25, 0.3) is 0 Å². The summed E-state index contributed by atoms with van der Waals surface area (Å²) in [7, 11) is -2.91. The fraction of sp³-hybridized carbons (Fsp3) is 0.538. The lowest BCUT2D eigenvalue weighted by Crippen LogP contribution is -2.30. The highest BCUT2D eigenvalue weighted by Gasteiger charge is 2.28. The number of hydrogen-bond acceptors (Lipinski definition) is 5. The standard InChI is InChI=1S/C13H18N2O4S/c1-2-19-13-11(4-3-6-14-13)12(16)15-8-10-5-7-20(17,18)9-10/h3-4,6,10H,2,5,7-9H2,1H3,(H,15,16). The van der Waals surface area contributed by atoms with Crippen LogP contribution in [0, 0.1) is 5.92 Å². The number of carbonyl (C=O) groups excluding carboxylic acids is 1. The number of aromatic nitrogens is 1. The van der Waals surface area contributed by atoms with Crippen LogP contribution in [0.3, 0.4) is 0 Å². The minimum atomic E-state index is -2.91. The molecule has 7 heteroatoms. The Morgan fingerprint density at radius 3 is 3.00 bits per heavy atom. The summed E-state index contributed by atoms with van der Waals surface area (Å²) in [5, 5.41) is 2.75. The van der Waals surface area contributed by atoms with Crippen molar-refractivity contribution in [1.82, 2.24) is 10.3 Å². The van der Waals surface area contributed by atoms with E-state index in [1.807, 2.05) is 6.92 Å². The van der Waals surface area contributed by atoms with E-state index in [1.165, 1.54) is 0 Å². The normalized spacial score (nSPS) is 20.6. The van der Waals surface area contributed by atoms with Crippen molar-refractivity contribution >= 4 is 15.7 Å². The second-order valence-electron chi connectivity index (χ2n) is 4.77. The van der Waals surface area contributed by atoms with Crippen molar-refractivity contribution in [1.29, 1.82) is 0 Å². The Kier molecular flexibility index (Phi) is 4.59. The van der Waals surface area contributed by atoms with Gasteiger partial charge in [0.1, 0.15) is 5.56 Å². The maximum absolute atomic E-state index is 12.1. The zero-order valence-electron chi connectivity index (χ0n) is 11.3. The predicted octanol–water partition coefficient (Wildman–Crippen LogP) is 0.645. The van der Waals surface area contributed by atoms with Crippen LogP contribution in [0.4, 0.5) is 0 Å². The smallest absolute Gasteiger partial charge is 0.256 e. The molecule has 0 spiro atoms. The average molecular weight is 298 g/mol. The van der Waals surface area contributed by atoms with Gasteiger partial charge >= 0.3 is 0 Å². The summed E-state index contributed by atoms with van der Waals surface area (Å²) >= 11 is 0. The Bertz CT molecular complexity index is 586. The van der Waals surface area contributed by atoms with Crippen LogP contribution in [0.5, 0.6) is 5.88 Å². The third kappa shape index (κ3) is 3.69. The van der Waals surface area contributed by atoms with Crippen LogP contribution in [0.1, 0.15) is 23.7 Å². The van der Waals surface area contributed by atoms with Gasteiger partial charge in [0.15, 0.2) is 9.84 Å². The molecule has 1 aliphatic heterocycles. The van der Waals surface area contributed by atoms with E-state index in [2.05, 4.69) is 10.3 Å². The van der Waals surface area contributed by atoms with Crippen molar-refractivity contribution in [3.63, 3.8) is 0 Å². The van der Waals surface area contributed by atoms with Crippen molar-refractivity contribution in [2.45, 2.75) is 13.3 Å². The highest BCUT2D eigenvalue weighted by Crippen LogP contribution is 2.18. The lowest BCUT2D eigenvalue weighted by molar-refractivity contribution is 0.0943. The molecule has 0 aliphatic carbocycles. The monoisotopic (exact) mass is 298 g/mol. The number of amides is 1. The molecule has 20 heavy (non-hydrogen) atoms. The zero-order chi connectivity index (χ0) is 14.6. The first-order valence-electron chi connectivity index (χ1n) is 6.58. The number of hydrogen-bond donors (Lipinski definition) is 1. The number of nitrogens with one attached hydrogen (secondary N) is 1. The molecule has 1 aromatic rings. The fourth-order valence-electron chi connectivity index (χ4n) is 2.18. The zero-order valence-corrected chi connectivity index (χ0v) is 12.1. The summed E-state index contributed by atoms with van der Waals surface area (Å²) in [6, 6.07) is 3.30. The topological polar surface area (TPSA) is 85.4 Å². The maximum atomic E-state index is 12.1. The third-order valence-electron chi connectivity index (χ3n) is 3.17. The first-order valence-corrected chi connectivity index (χ1v) is 8.40. The fourth-order valence-corrected chi connectivity index (χ4v) is 4.04. The molecular weight excluding hydrogens is 280 g/mol. The maximum Gasteiger partial charge on any atom is 0.256 e. The molecule has 0 aromatic carbocycles. The summed E-state index contributed by atoms with van der Waals surface area (Å²) in [5.41, 5.74) is 0.371. The van der Waals surface area contributed by atoms with Crippen LogP contribution in [-0.2, 0) is 9.84 Å². The number of ether oxygens (including phenoxy) is 1. The van der Waals surface area contributed by atoms with Gasteiger partial charge in [0.05, 0.1) is 18.1 Å². The van der Waals surface area contributed by atoms with Gasteiger partial charge in [0.2, 0.25) is 5.88 Å². The van der Waals surface area contributed by atoms with E-state index in [0.717, 1.165) is 0 Å². The first-order chi connectivity index (χ1) is 9.52. The predicted molar refractivity (Wildman–Crippen MR) is 74.5 cm³/mol. The average Bonchev–Trinajstić information content (AvgIpc) is 2.77. The Labute approximate surface area is 118 Å². The number of pyridine rings is 1. The van der Waals surface area contributed by atoms with Crippen molar-refractivity contribution in [3.05, 3.63) is 23.9 Å².